The predicted molar refractivity (Wildman–Crippen MR) is 63.4 cm³/mol. The van der Waals surface area contributed by atoms with Gasteiger partial charge < -0.3 is 13.9 Å². The maximum absolute atomic E-state index is 11.6. The predicted octanol–water partition coefficient (Wildman–Crippen LogP) is 2.00. The van der Waals surface area contributed by atoms with Crippen molar-refractivity contribution in [3.63, 3.8) is 0 Å². The summed E-state index contributed by atoms with van der Waals surface area (Å²) in [6, 6.07) is 3.41. The minimum absolute atomic E-state index is 0.162. The van der Waals surface area contributed by atoms with E-state index in [-0.39, 0.29) is 24.4 Å². The Morgan fingerprint density at radius 2 is 2.06 bits per heavy atom. The number of hydrogen-bond donors (Lipinski definition) is 0. The van der Waals surface area contributed by atoms with Gasteiger partial charge in [0.1, 0.15) is 5.76 Å². The van der Waals surface area contributed by atoms with Gasteiger partial charge in [-0.25, -0.2) is 9.59 Å². The van der Waals surface area contributed by atoms with E-state index in [1.54, 1.807) is 19.1 Å². The van der Waals surface area contributed by atoms with E-state index >= 15 is 0 Å². The third-order valence-corrected chi connectivity index (χ3v) is 1.98. The lowest BCUT2D eigenvalue weighted by molar-refractivity contribution is -0.149. The van der Waals surface area contributed by atoms with Crippen molar-refractivity contribution < 1.29 is 23.5 Å². The molecule has 0 aliphatic rings. The van der Waals surface area contributed by atoms with E-state index in [1.165, 1.54) is 6.26 Å². The number of carbonyl (C=O) groups excluding carboxylic acids is 2. The number of rotatable bonds is 6. The Bertz CT molecular complexity index is 456. The zero-order valence-electron chi connectivity index (χ0n) is 10.1. The maximum atomic E-state index is 11.6. The average Bonchev–Trinajstić information content (AvgIpc) is 2.81. The van der Waals surface area contributed by atoms with Crippen LogP contribution in [-0.2, 0) is 25.5 Å². The zero-order chi connectivity index (χ0) is 13.5. The molecule has 0 saturated carbocycles. The Hall–Kier alpha value is -2.30. The van der Waals surface area contributed by atoms with Crippen LogP contribution in [0.5, 0.6) is 0 Å². The summed E-state index contributed by atoms with van der Waals surface area (Å²) in [5.74, 6) is -1.28. The fourth-order valence-electron chi connectivity index (χ4n) is 1.13. The molecule has 1 heterocycles. The van der Waals surface area contributed by atoms with Crippen molar-refractivity contribution in [2.75, 3.05) is 6.61 Å². The van der Waals surface area contributed by atoms with Crippen LogP contribution in [0.4, 0.5) is 0 Å². The summed E-state index contributed by atoms with van der Waals surface area (Å²) in [4.78, 5) is 22.7. The minimum atomic E-state index is -0.767. The summed E-state index contributed by atoms with van der Waals surface area (Å²) in [6.07, 6.45) is 1.70. The molecular weight excluding hydrogens is 236 g/mol. The van der Waals surface area contributed by atoms with E-state index in [4.69, 9.17) is 9.15 Å². The molecule has 0 fully saturated rings. The fraction of sp³-hybridized carbons (Fsp3) is 0.231. The van der Waals surface area contributed by atoms with Gasteiger partial charge in [-0.05, 0) is 25.6 Å². The van der Waals surface area contributed by atoms with Crippen LogP contribution in [0, 0.1) is 0 Å². The topological polar surface area (TPSA) is 65.7 Å². The molecule has 0 aliphatic heterocycles. The summed E-state index contributed by atoms with van der Waals surface area (Å²) < 4.78 is 14.4. The molecule has 5 heteroatoms. The molecule has 0 unspecified atom stereocenters. The first-order valence-corrected chi connectivity index (χ1v) is 5.33. The lowest BCUT2D eigenvalue weighted by atomic mass is 10.2. The van der Waals surface area contributed by atoms with Crippen molar-refractivity contribution >= 4 is 11.9 Å². The van der Waals surface area contributed by atoms with Gasteiger partial charge in [0.15, 0.2) is 0 Å². The molecule has 0 atom stereocenters. The van der Waals surface area contributed by atoms with Crippen LogP contribution in [0.3, 0.4) is 0 Å². The van der Waals surface area contributed by atoms with Gasteiger partial charge in [-0.1, -0.05) is 6.58 Å². The second-order valence-corrected chi connectivity index (χ2v) is 3.39. The molecule has 5 nitrogen and oxygen atoms in total. The fourth-order valence-corrected chi connectivity index (χ4v) is 1.13. The number of carbonyl (C=O) groups is 2. The normalized spacial score (nSPS) is 9.61. The van der Waals surface area contributed by atoms with E-state index in [1.807, 2.05) is 0 Å². The highest BCUT2D eigenvalue weighted by Gasteiger charge is 2.17. The van der Waals surface area contributed by atoms with E-state index in [9.17, 15) is 9.59 Å². The minimum Gasteiger partial charge on any atom is -0.469 e. The Balaban J connectivity index is 2.47. The van der Waals surface area contributed by atoms with Crippen LogP contribution < -0.4 is 0 Å². The highest BCUT2D eigenvalue weighted by atomic mass is 16.6. The summed E-state index contributed by atoms with van der Waals surface area (Å²) in [5, 5.41) is 0. The highest BCUT2D eigenvalue weighted by Crippen LogP contribution is 2.10. The molecule has 0 amide bonds. The monoisotopic (exact) mass is 250 g/mol. The quantitative estimate of drug-likeness (QED) is 0.439. The van der Waals surface area contributed by atoms with Gasteiger partial charge in [0, 0.05) is 12.0 Å². The van der Waals surface area contributed by atoms with Gasteiger partial charge in [-0.2, -0.15) is 0 Å². The third-order valence-electron chi connectivity index (χ3n) is 1.98. The number of esters is 2. The van der Waals surface area contributed by atoms with Gasteiger partial charge in [0.2, 0.25) is 5.76 Å². The van der Waals surface area contributed by atoms with Crippen LogP contribution in [0.2, 0.25) is 0 Å². The first-order chi connectivity index (χ1) is 8.54. The molecule has 96 valence electrons. The first-order valence-electron chi connectivity index (χ1n) is 5.33. The molecule has 0 radical (unpaired) electrons. The van der Waals surface area contributed by atoms with E-state index in [0.717, 1.165) is 0 Å². The van der Waals surface area contributed by atoms with Crippen LogP contribution >= 0.6 is 0 Å². The molecular formula is C13H14O5. The lowest BCUT2D eigenvalue weighted by Crippen LogP contribution is -2.15. The largest absolute Gasteiger partial charge is 0.469 e. The molecule has 1 aromatic rings. The Labute approximate surface area is 105 Å². The van der Waals surface area contributed by atoms with Crippen molar-refractivity contribution in [2.24, 2.45) is 0 Å². The summed E-state index contributed by atoms with van der Waals surface area (Å²) >= 11 is 0. The molecule has 0 saturated heterocycles. The molecule has 0 aliphatic carbocycles. The third kappa shape index (κ3) is 3.93. The molecule has 0 aromatic carbocycles. The van der Waals surface area contributed by atoms with E-state index in [0.29, 0.717) is 5.76 Å². The zero-order valence-corrected chi connectivity index (χ0v) is 10.1. The van der Waals surface area contributed by atoms with Gasteiger partial charge in [0.25, 0.3) is 0 Å². The Morgan fingerprint density at radius 1 is 1.33 bits per heavy atom. The molecule has 18 heavy (non-hydrogen) atoms. The Morgan fingerprint density at radius 3 is 2.61 bits per heavy atom. The lowest BCUT2D eigenvalue weighted by Gasteiger charge is -2.07. The molecule has 0 spiro atoms. The van der Waals surface area contributed by atoms with Crippen LogP contribution in [0.25, 0.3) is 0 Å². The van der Waals surface area contributed by atoms with Crippen molar-refractivity contribution in [1.82, 2.24) is 0 Å². The van der Waals surface area contributed by atoms with Crippen molar-refractivity contribution in [1.29, 1.82) is 0 Å². The van der Waals surface area contributed by atoms with Crippen molar-refractivity contribution in [3.8, 4) is 0 Å². The van der Waals surface area contributed by atoms with Gasteiger partial charge in [-0.3, -0.25) is 0 Å². The number of ether oxygens (including phenoxy) is 2. The Kier molecular flexibility index (Phi) is 4.92. The summed E-state index contributed by atoms with van der Waals surface area (Å²) in [7, 11) is 0. The molecule has 0 N–H and O–H groups in total. The smallest absolute Gasteiger partial charge is 0.373 e. The highest BCUT2D eigenvalue weighted by molar-refractivity contribution is 5.94. The van der Waals surface area contributed by atoms with E-state index in [2.05, 4.69) is 17.9 Å². The van der Waals surface area contributed by atoms with Crippen LogP contribution in [0.15, 0.2) is 47.3 Å². The second-order valence-electron chi connectivity index (χ2n) is 3.39. The molecule has 1 rings (SSSR count). The first kappa shape index (κ1) is 13.8. The van der Waals surface area contributed by atoms with E-state index < -0.39 is 11.9 Å². The number of furan rings is 1. The van der Waals surface area contributed by atoms with Gasteiger partial charge in [-0.15, -0.1) is 0 Å². The van der Waals surface area contributed by atoms with Crippen molar-refractivity contribution in [2.45, 2.75) is 13.3 Å². The number of hydrogen-bond acceptors (Lipinski definition) is 5. The molecule has 1 aromatic heterocycles. The van der Waals surface area contributed by atoms with Gasteiger partial charge >= 0.3 is 11.9 Å². The van der Waals surface area contributed by atoms with Gasteiger partial charge in [0.05, 0.1) is 12.9 Å². The SMILES string of the molecule is C=C(Cc1ccco1)C(=O)OC(=C)C(=O)OCC. The van der Waals surface area contributed by atoms with Crippen molar-refractivity contribution in [3.05, 3.63) is 48.6 Å². The maximum Gasteiger partial charge on any atom is 0.373 e. The standard InChI is InChI=1S/C13H14O5/c1-4-16-13(15)10(3)18-12(14)9(2)8-11-6-5-7-17-11/h5-7H,2-4,8H2,1H3. The summed E-state index contributed by atoms with van der Waals surface area (Å²) in [5.41, 5.74) is 0.162. The molecule has 0 bridgehead atoms. The average molecular weight is 250 g/mol. The summed E-state index contributed by atoms with van der Waals surface area (Å²) in [6.45, 7) is 8.70. The van der Waals surface area contributed by atoms with Crippen LogP contribution in [-0.4, -0.2) is 18.5 Å². The van der Waals surface area contributed by atoms with Crippen LogP contribution in [0.1, 0.15) is 12.7 Å². The second kappa shape index (κ2) is 6.44.